The Labute approximate surface area is 140 Å². The first-order chi connectivity index (χ1) is 11.4. The topological polar surface area (TPSA) is 99.9 Å². The molecule has 8 nitrogen and oxygen atoms in total. The molecule has 0 aliphatic heterocycles. The molecule has 0 aliphatic carbocycles. The molecule has 0 fully saturated rings. The van der Waals surface area contributed by atoms with E-state index in [4.69, 9.17) is 18.7 Å². The molecular formula is C15H20N2O6S. The third-order valence-corrected chi connectivity index (χ3v) is 5.12. The second-order valence-electron chi connectivity index (χ2n) is 4.97. The molecule has 2 rings (SSSR count). The molecule has 1 N–H and O–H groups in total. The van der Waals surface area contributed by atoms with Crippen LogP contribution in [0.1, 0.15) is 17.0 Å². The number of hydrogen-bond acceptors (Lipinski definition) is 7. The average Bonchev–Trinajstić information content (AvgIpc) is 2.91. The van der Waals surface area contributed by atoms with Crippen molar-refractivity contribution in [2.45, 2.75) is 25.3 Å². The van der Waals surface area contributed by atoms with Crippen LogP contribution >= 0.6 is 0 Å². The zero-order chi connectivity index (χ0) is 17.9. The van der Waals surface area contributed by atoms with E-state index >= 15 is 0 Å². The van der Waals surface area contributed by atoms with Gasteiger partial charge < -0.3 is 18.7 Å². The maximum absolute atomic E-state index is 12.5. The SMILES string of the molecule is COc1ccc(CNS(=O)(=O)c2c(C)noc2C)c(OC)c1OC. The van der Waals surface area contributed by atoms with Crippen molar-refractivity contribution in [1.29, 1.82) is 0 Å². The van der Waals surface area contributed by atoms with E-state index in [1.165, 1.54) is 21.3 Å². The van der Waals surface area contributed by atoms with Gasteiger partial charge in [-0.25, -0.2) is 13.1 Å². The minimum absolute atomic E-state index is 0.00984. The number of nitrogens with one attached hydrogen (secondary N) is 1. The van der Waals surface area contributed by atoms with E-state index in [0.29, 0.717) is 28.5 Å². The molecule has 0 bridgehead atoms. The van der Waals surface area contributed by atoms with Gasteiger partial charge in [0, 0.05) is 12.1 Å². The van der Waals surface area contributed by atoms with Gasteiger partial charge in [0.2, 0.25) is 15.8 Å². The molecule has 1 heterocycles. The first-order valence-electron chi connectivity index (χ1n) is 7.06. The molecule has 24 heavy (non-hydrogen) atoms. The Hall–Kier alpha value is -2.26. The van der Waals surface area contributed by atoms with Gasteiger partial charge >= 0.3 is 0 Å². The number of aromatic nitrogens is 1. The number of rotatable bonds is 7. The molecule has 1 aromatic heterocycles. The lowest BCUT2D eigenvalue weighted by Crippen LogP contribution is -2.24. The van der Waals surface area contributed by atoms with E-state index in [1.54, 1.807) is 26.0 Å². The van der Waals surface area contributed by atoms with Crippen LogP contribution in [0.4, 0.5) is 0 Å². The van der Waals surface area contributed by atoms with Crippen molar-refractivity contribution in [1.82, 2.24) is 9.88 Å². The molecule has 0 radical (unpaired) electrons. The maximum atomic E-state index is 12.5. The van der Waals surface area contributed by atoms with Crippen molar-refractivity contribution >= 4 is 10.0 Å². The smallest absolute Gasteiger partial charge is 0.246 e. The van der Waals surface area contributed by atoms with Gasteiger partial charge in [0.05, 0.1) is 21.3 Å². The van der Waals surface area contributed by atoms with E-state index in [1.807, 2.05) is 0 Å². The van der Waals surface area contributed by atoms with Gasteiger partial charge in [-0.05, 0) is 19.9 Å². The van der Waals surface area contributed by atoms with Gasteiger partial charge in [-0.15, -0.1) is 0 Å². The van der Waals surface area contributed by atoms with Gasteiger partial charge in [0.1, 0.15) is 10.6 Å². The van der Waals surface area contributed by atoms with E-state index in [-0.39, 0.29) is 17.2 Å². The summed E-state index contributed by atoms with van der Waals surface area (Å²) in [6.45, 7) is 3.13. The highest BCUT2D eigenvalue weighted by atomic mass is 32.2. The fraction of sp³-hybridized carbons (Fsp3) is 0.400. The van der Waals surface area contributed by atoms with Crippen molar-refractivity contribution in [3.05, 3.63) is 29.2 Å². The van der Waals surface area contributed by atoms with Crippen molar-refractivity contribution < 1.29 is 27.2 Å². The summed E-state index contributed by atoms with van der Waals surface area (Å²) in [5.74, 6) is 1.53. The van der Waals surface area contributed by atoms with Gasteiger partial charge in [0.25, 0.3) is 0 Å². The predicted octanol–water partition coefficient (Wildman–Crippen LogP) is 1.80. The summed E-state index contributed by atoms with van der Waals surface area (Å²) < 4.78 is 48.2. The van der Waals surface area contributed by atoms with Crippen LogP contribution in [0.15, 0.2) is 21.6 Å². The lowest BCUT2D eigenvalue weighted by Gasteiger charge is -2.16. The average molecular weight is 356 g/mol. The summed E-state index contributed by atoms with van der Waals surface area (Å²) in [5, 5.41) is 3.67. The van der Waals surface area contributed by atoms with Gasteiger partial charge in [-0.2, -0.15) is 0 Å². The molecule has 0 atom stereocenters. The Morgan fingerprint density at radius 2 is 1.75 bits per heavy atom. The quantitative estimate of drug-likeness (QED) is 0.807. The van der Waals surface area contributed by atoms with Gasteiger partial charge in [-0.3, -0.25) is 0 Å². The summed E-state index contributed by atoms with van der Waals surface area (Å²) in [6.07, 6.45) is 0. The Kier molecular flexibility index (Phi) is 5.35. The van der Waals surface area contributed by atoms with Crippen LogP contribution in [0.2, 0.25) is 0 Å². The monoisotopic (exact) mass is 356 g/mol. The largest absolute Gasteiger partial charge is 0.493 e. The first kappa shape index (κ1) is 18.1. The number of sulfonamides is 1. The molecule has 132 valence electrons. The summed E-state index contributed by atoms with van der Waals surface area (Å²) in [4.78, 5) is 0.0435. The number of hydrogen-bond donors (Lipinski definition) is 1. The minimum Gasteiger partial charge on any atom is -0.493 e. The molecular weight excluding hydrogens is 336 g/mol. The standard InChI is InChI=1S/C15H20N2O6S/c1-9-15(10(2)23-17-9)24(18,19)16-8-11-6-7-12(20-3)14(22-5)13(11)21-4/h6-7,16H,8H2,1-5H3. The molecule has 0 amide bonds. The molecule has 0 unspecified atom stereocenters. The maximum Gasteiger partial charge on any atom is 0.246 e. The normalized spacial score (nSPS) is 11.4. The minimum atomic E-state index is -3.77. The predicted molar refractivity (Wildman–Crippen MR) is 86.1 cm³/mol. The first-order valence-corrected chi connectivity index (χ1v) is 8.54. The second-order valence-corrected chi connectivity index (χ2v) is 6.68. The zero-order valence-electron chi connectivity index (χ0n) is 14.2. The Morgan fingerprint density at radius 1 is 1.08 bits per heavy atom. The summed E-state index contributed by atoms with van der Waals surface area (Å²) in [5.41, 5.74) is 0.907. The van der Waals surface area contributed by atoms with Gasteiger partial charge in [-0.1, -0.05) is 11.2 Å². The highest BCUT2D eigenvalue weighted by Gasteiger charge is 2.25. The lowest BCUT2D eigenvalue weighted by molar-refractivity contribution is 0.322. The Bertz CT molecular complexity index is 809. The van der Waals surface area contributed by atoms with Crippen LogP contribution in [0.5, 0.6) is 17.2 Å². The molecule has 0 saturated heterocycles. The van der Waals surface area contributed by atoms with E-state index < -0.39 is 10.0 Å². The molecule has 2 aromatic rings. The van der Waals surface area contributed by atoms with E-state index in [0.717, 1.165) is 0 Å². The fourth-order valence-electron chi connectivity index (χ4n) is 2.41. The van der Waals surface area contributed by atoms with Crippen LogP contribution < -0.4 is 18.9 Å². The lowest BCUT2D eigenvalue weighted by atomic mass is 10.1. The van der Waals surface area contributed by atoms with Crippen LogP contribution in [0.3, 0.4) is 0 Å². The van der Waals surface area contributed by atoms with Crippen LogP contribution in [0, 0.1) is 13.8 Å². The highest BCUT2D eigenvalue weighted by Crippen LogP contribution is 2.39. The van der Waals surface area contributed by atoms with Crippen LogP contribution in [-0.4, -0.2) is 34.9 Å². The van der Waals surface area contributed by atoms with Crippen molar-refractivity contribution in [3.63, 3.8) is 0 Å². The van der Waals surface area contributed by atoms with E-state index in [9.17, 15) is 8.42 Å². The van der Waals surface area contributed by atoms with E-state index in [2.05, 4.69) is 9.88 Å². The van der Waals surface area contributed by atoms with Crippen LogP contribution in [-0.2, 0) is 16.6 Å². The zero-order valence-corrected chi connectivity index (χ0v) is 15.0. The van der Waals surface area contributed by atoms with Crippen molar-refractivity contribution in [2.24, 2.45) is 0 Å². The van der Waals surface area contributed by atoms with Gasteiger partial charge in [0.15, 0.2) is 17.3 Å². The molecule has 1 aromatic carbocycles. The van der Waals surface area contributed by atoms with Crippen molar-refractivity contribution in [3.8, 4) is 17.2 Å². The number of ether oxygens (including phenoxy) is 3. The number of aryl methyl sites for hydroxylation is 2. The molecule has 0 aliphatic rings. The second kappa shape index (κ2) is 7.10. The highest BCUT2D eigenvalue weighted by molar-refractivity contribution is 7.89. The number of methoxy groups -OCH3 is 3. The summed E-state index contributed by atoms with van der Waals surface area (Å²) in [7, 11) is 0.701. The third kappa shape index (κ3) is 3.31. The number of nitrogens with zero attached hydrogens (tertiary/aromatic N) is 1. The summed E-state index contributed by atoms with van der Waals surface area (Å²) >= 11 is 0. The van der Waals surface area contributed by atoms with Crippen molar-refractivity contribution in [2.75, 3.05) is 21.3 Å². The summed E-state index contributed by atoms with van der Waals surface area (Å²) in [6, 6.07) is 3.39. The fourth-order valence-corrected chi connectivity index (χ4v) is 3.74. The molecule has 0 saturated carbocycles. The third-order valence-electron chi connectivity index (χ3n) is 3.47. The number of benzene rings is 1. The molecule has 0 spiro atoms. The Balaban J connectivity index is 2.32. The molecule has 9 heteroatoms. The van der Waals surface area contributed by atoms with Crippen LogP contribution in [0.25, 0.3) is 0 Å². The Morgan fingerprint density at radius 3 is 2.25 bits per heavy atom.